The molecule has 1 aliphatic heterocycles. The van der Waals surface area contributed by atoms with Gasteiger partial charge in [-0.1, -0.05) is 54.1 Å². The van der Waals surface area contributed by atoms with E-state index in [9.17, 15) is 0 Å². The number of rotatable bonds is 4. The van der Waals surface area contributed by atoms with Gasteiger partial charge in [0.2, 0.25) is 0 Å². The summed E-state index contributed by atoms with van der Waals surface area (Å²) in [5.41, 5.74) is 1.25. The van der Waals surface area contributed by atoms with E-state index in [0.29, 0.717) is 11.2 Å². The van der Waals surface area contributed by atoms with Gasteiger partial charge in [-0.2, -0.15) is 0 Å². The van der Waals surface area contributed by atoms with Crippen LogP contribution >= 0.6 is 24.0 Å². The van der Waals surface area contributed by atoms with E-state index in [2.05, 4.69) is 63.3 Å². The molecule has 1 unspecified atom stereocenters. The molecule has 2 N–H and O–H groups in total. The predicted molar refractivity (Wildman–Crippen MR) is 107 cm³/mol. The van der Waals surface area contributed by atoms with Gasteiger partial charge >= 0.3 is 0 Å². The molecule has 0 amide bonds. The number of halogens is 2. The maximum atomic E-state index is 5.81. The van der Waals surface area contributed by atoms with Gasteiger partial charge in [0.25, 0.3) is 0 Å². The number of benzene rings is 1. The third-order valence-corrected chi connectivity index (χ3v) is 4.30. The zero-order chi connectivity index (χ0) is 16.1. The first-order valence-electron chi connectivity index (χ1n) is 7.92. The van der Waals surface area contributed by atoms with Crippen molar-refractivity contribution in [3.05, 3.63) is 59.3 Å². The topological polar surface area (TPSA) is 63.8 Å². The molecule has 0 radical (unpaired) electrons. The Kier molecular flexibility index (Phi) is 8.86. The molecule has 7 heteroatoms. The van der Waals surface area contributed by atoms with Crippen LogP contribution in [0.4, 0.5) is 5.82 Å². The molecule has 0 saturated carbocycles. The summed E-state index contributed by atoms with van der Waals surface area (Å²) in [5, 5.41) is 8.57. The number of piperazine rings is 1. The molecule has 2 aromatic rings. The van der Waals surface area contributed by atoms with Crippen molar-refractivity contribution < 1.29 is 5.48 Å². The molecule has 0 bridgehead atoms. The molecule has 136 valence electrons. The molecular weight excluding hydrogens is 359 g/mol. The molecule has 2 heterocycles. The second-order valence-corrected chi connectivity index (χ2v) is 6.22. The highest BCUT2D eigenvalue weighted by Crippen LogP contribution is 2.18. The van der Waals surface area contributed by atoms with Crippen LogP contribution in [-0.2, 0) is 0 Å². The predicted octanol–water partition coefficient (Wildman–Crippen LogP) is 2.95. The molecular formula is C18H24Cl2N4O. The molecule has 3 rings (SSSR count). The van der Waals surface area contributed by atoms with Crippen LogP contribution in [-0.4, -0.2) is 52.8 Å². The third kappa shape index (κ3) is 5.97. The Labute approximate surface area is 160 Å². The number of hydrogen-bond acceptors (Lipinski definition) is 4. The lowest BCUT2D eigenvalue weighted by Crippen LogP contribution is -2.52. The van der Waals surface area contributed by atoms with E-state index >= 15 is 0 Å². The number of aromatic nitrogens is 2. The summed E-state index contributed by atoms with van der Waals surface area (Å²) in [5.74, 6) is 0.904. The fourth-order valence-electron chi connectivity index (χ4n) is 2.90. The van der Waals surface area contributed by atoms with Crippen molar-refractivity contribution in [2.75, 3.05) is 31.1 Å². The maximum Gasteiger partial charge on any atom is 0.151 e. The monoisotopic (exact) mass is 382 g/mol. The summed E-state index contributed by atoms with van der Waals surface area (Å²) in [6.45, 7) is 6.19. The summed E-state index contributed by atoms with van der Waals surface area (Å²) < 4.78 is 0. The van der Waals surface area contributed by atoms with Gasteiger partial charge in [-0.3, -0.25) is 4.90 Å². The highest BCUT2D eigenvalue weighted by Gasteiger charge is 2.24. The van der Waals surface area contributed by atoms with Gasteiger partial charge in [-0.05, 0) is 24.6 Å². The Morgan fingerprint density at radius 1 is 1.12 bits per heavy atom. The number of nitrogens with zero attached hydrogens (tertiary/aromatic N) is 4. The van der Waals surface area contributed by atoms with Gasteiger partial charge < -0.3 is 10.4 Å². The van der Waals surface area contributed by atoms with E-state index in [4.69, 9.17) is 11.6 Å². The van der Waals surface area contributed by atoms with Crippen molar-refractivity contribution in [2.45, 2.75) is 13.0 Å². The standard InChI is InChI=1S/C18H21ClN4.ClH.H2O/c1-15-14-22(11-5-8-16-6-3-2-4-7-16)12-13-23(15)18-10-9-17(19)20-21-18;;/h2-10,15H,11-14H2,1H3;1H;1H2/b8-5+;;. The Hall–Kier alpha value is -1.66. The van der Waals surface area contributed by atoms with E-state index in [1.807, 2.05) is 12.1 Å². The lowest BCUT2D eigenvalue weighted by molar-refractivity contribution is 0.250. The van der Waals surface area contributed by atoms with Gasteiger partial charge in [0.1, 0.15) is 0 Å². The van der Waals surface area contributed by atoms with E-state index in [1.165, 1.54) is 5.56 Å². The molecule has 1 aliphatic rings. The van der Waals surface area contributed by atoms with Crippen LogP contribution in [0.1, 0.15) is 12.5 Å². The first kappa shape index (κ1) is 21.4. The van der Waals surface area contributed by atoms with Crippen LogP contribution < -0.4 is 4.90 Å². The van der Waals surface area contributed by atoms with Gasteiger partial charge in [-0.15, -0.1) is 22.6 Å². The SMILES string of the molecule is CC1CN(C/C=C/c2ccccc2)CCN1c1ccc(Cl)nn1.Cl.O. The molecule has 1 aromatic heterocycles. The van der Waals surface area contributed by atoms with Gasteiger partial charge in [-0.25, -0.2) is 0 Å². The Balaban J connectivity index is 0.00000156. The minimum atomic E-state index is 0. The van der Waals surface area contributed by atoms with E-state index in [0.717, 1.165) is 32.0 Å². The van der Waals surface area contributed by atoms with Crippen LogP contribution in [0.15, 0.2) is 48.5 Å². The summed E-state index contributed by atoms with van der Waals surface area (Å²) in [4.78, 5) is 4.75. The van der Waals surface area contributed by atoms with Crippen molar-refractivity contribution in [2.24, 2.45) is 0 Å². The van der Waals surface area contributed by atoms with Gasteiger partial charge in [0.15, 0.2) is 11.0 Å². The minimum Gasteiger partial charge on any atom is -0.412 e. The molecule has 1 atom stereocenters. The lowest BCUT2D eigenvalue weighted by Gasteiger charge is -2.40. The van der Waals surface area contributed by atoms with Crippen LogP contribution in [0.5, 0.6) is 0 Å². The Bertz CT molecular complexity index is 652. The van der Waals surface area contributed by atoms with Gasteiger partial charge in [0.05, 0.1) is 0 Å². The summed E-state index contributed by atoms with van der Waals surface area (Å²) in [7, 11) is 0. The van der Waals surface area contributed by atoms with Crippen LogP contribution in [0.2, 0.25) is 5.15 Å². The second kappa shape index (κ2) is 10.4. The van der Waals surface area contributed by atoms with Crippen molar-refractivity contribution in [3.63, 3.8) is 0 Å². The smallest absolute Gasteiger partial charge is 0.151 e. The fraction of sp³-hybridized carbons (Fsp3) is 0.333. The maximum absolute atomic E-state index is 5.81. The van der Waals surface area contributed by atoms with Gasteiger partial charge in [0, 0.05) is 32.2 Å². The lowest BCUT2D eigenvalue weighted by atomic mass is 10.1. The highest BCUT2D eigenvalue weighted by molar-refractivity contribution is 6.29. The number of anilines is 1. The number of hydrogen-bond donors (Lipinski definition) is 0. The van der Waals surface area contributed by atoms with Crippen molar-refractivity contribution in [1.29, 1.82) is 0 Å². The molecule has 25 heavy (non-hydrogen) atoms. The Morgan fingerprint density at radius 2 is 1.88 bits per heavy atom. The van der Waals surface area contributed by atoms with Crippen LogP contribution in [0.3, 0.4) is 0 Å². The molecule has 1 aromatic carbocycles. The van der Waals surface area contributed by atoms with E-state index in [1.54, 1.807) is 6.07 Å². The van der Waals surface area contributed by atoms with Crippen LogP contribution in [0, 0.1) is 0 Å². The van der Waals surface area contributed by atoms with E-state index in [-0.39, 0.29) is 17.9 Å². The van der Waals surface area contributed by atoms with Crippen molar-refractivity contribution in [3.8, 4) is 0 Å². The second-order valence-electron chi connectivity index (χ2n) is 5.83. The normalized spacial score (nSPS) is 17.8. The van der Waals surface area contributed by atoms with Crippen molar-refractivity contribution in [1.82, 2.24) is 15.1 Å². The fourth-order valence-corrected chi connectivity index (χ4v) is 3.00. The average molecular weight is 383 g/mol. The quantitative estimate of drug-likeness (QED) is 0.815. The minimum absolute atomic E-state index is 0. The zero-order valence-electron chi connectivity index (χ0n) is 14.2. The molecule has 1 fully saturated rings. The first-order valence-corrected chi connectivity index (χ1v) is 8.30. The first-order chi connectivity index (χ1) is 11.2. The largest absolute Gasteiger partial charge is 0.412 e. The third-order valence-electron chi connectivity index (χ3n) is 4.10. The van der Waals surface area contributed by atoms with Crippen LogP contribution in [0.25, 0.3) is 6.08 Å². The Morgan fingerprint density at radius 3 is 2.52 bits per heavy atom. The summed E-state index contributed by atoms with van der Waals surface area (Å²) in [6, 6.07) is 14.6. The molecule has 0 spiro atoms. The van der Waals surface area contributed by atoms with E-state index < -0.39 is 0 Å². The summed E-state index contributed by atoms with van der Waals surface area (Å²) >= 11 is 5.81. The van der Waals surface area contributed by atoms with Crippen molar-refractivity contribution >= 4 is 35.9 Å². The molecule has 0 aliphatic carbocycles. The molecule has 5 nitrogen and oxygen atoms in total. The summed E-state index contributed by atoms with van der Waals surface area (Å²) in [6.07, 6.45) is 4.42. The highest BCUT2D eigenvalue weighted by atomic mass is 35.5. The molecule has 1 saturated heterocycles. The zero-order valence-corrected chi connectivity index (χ0v) is 15.7. The average Bonchev–Trinajstić information content (AvgIpc) is 2.57.